The molecule has 0 bridgehead atoms. The van der Waals surface area contributed by atoms with Crippen LogP contribution in [0.4, 0.5) is 16.3 Å². The first kappa shape index (κ1) is 22.7. The highest BCUT2D eigenvalue weighted by Gasteiger charge is 2.32. The van der Waals surface area contributed by atoms with E-state index >= 15 is 0 Å². The molecule has 1 unspecified atom stereocenters. The Labute approximate surface area is 161 Å². The van der Waals surface area contributed by atoms with Crippen molar-refractivity contribution in [2.45, 2.75) is 52.2 Å². The van der Waals surface area contributed by atoms with Gasteiger partial charge in [-0.25, -0.2) is 9.78 Å². The molecule has 8 nitrogen and oxygen atoms in total. The Morgan fingerprint density at radius 1 is 1.41 bits per heavy atom. The van der Waals surface area contributed by atoms with Gasteiger partial charge < -0.3 is 20.1 Å². The second kappa shape index (κ2) is 10.7. The van der Waals surface area contributed by atoms with Gasteiger partial charge in [0.2, 0.25) is 0 Å². The number of nitrogen functional groups attached to an aromatic ring is 1. The van der Waals surface area contributed by atoms with Crippen LogP contribution < -0.4 is 10.6 Å². The largest absolute Gasteiger partial charge is 0.462 e. The van der Waals surface area contributed by atoms with E-state index in [4.69, 9.17) is 10.5 Å². The number of aromatic nitrogens is 1. The molecule has 0 radical (unpaired) electrons. The number of rotatable bonds is 7. The van der Waals surface area contributed by atoms with Gasteiger partial charge in [0.25, 0.3) is 6.47 Å². The second-order valence-corrected chi connectivity index (χ2v) is 7.48. The van der Waals surface area contributed by atoms with Crippen molar-refractivity contribution >= 4 is 24.1 Å². The molecule has 1 aliphatic heterocycles. The number of amides is 1. The molecule has 1 saturated heterocycles. The molecule has 1 fully saturated rings. The van der Waals surface area contributed by atoms with Gasteiger partial charge in [0.15, 0.2) is 0 Å². The topological polar surface area (TPSA) is 98.0 Å². The molecule has 27 heavy (non-hydrogen) atoms. The van der Waals surface area contributed by atoms with Crippen LogP contribution in [0.5, 0.6) is 0 Å². The van der Waals surface area contributed by atoms with Crippen molar-refractivity contribution in [3.8, 4) is 0 Å². The van der Waals surface area contributed by atoms with Crippen LogP contribution >= 0.6 is 0 Å². The Balaban J connectivity index is 0.000000445. The molecule has 1 atom stereocenters. The van der Waals surface area contributed by atoms with E-state index in [-0.39, 0.29) is 17.8 Å². The number of anilines is 2. The zero-order valence-electron chi connectivity index (χ0n) is 17.0. The van der Waals surface area contributed by atoms with Crippen LogP contribution in [0.1, 0.15) is 40.5 Å². The number of cyclic esters (lactones) is 1. The minimum atomic E-state index is -0.318. The number of nitrogens with two attached hydrogens (primary N) is 1. The minimum absolute atomic E-state index is 0.0561. The molecule has 0 aliphatic carbocycles. The van der Waals surface area contributed by atoms with E-state index in [9.17, 15) is 9.59 Å². The van der Waals surface area contributed by atoms with Crippen molar-refractivity contribution in [2.75, 3.05) is 37.3 Å². The molecule has 0 saturated carbocycles. The third kappa shape index (κ3) is 8.72. The molecule has 2 heterocycles. The van der Waals surface area contributed by atoms with Crippen molar-refractivity contribution in [3.05, 3.63) is 18.3 Å². The summed E-state index contributed by atoms with van der Waals surface area (Å²) < 4.78 is 9.94. The lowest BCUT2D eigenvalue weighted by atomic mass is 10.2. The van der Waals surface area contributed by atoms with Gasteiger partial charge >= 0.3 is 6.09 Å². The van der Waals surface area contributed by atoms with Crippen LogP contribution in [0, 0.1) is 0 Å². The summed E-state index contributed by atoms with van der Waals surface area (Å²) in [4.78, 5) is 29.3. The zero-order valence-corrected chi connectivity index (χ0v) is 17.0. The van der Waals surface area contributed by atoms with E-state index in [2.05, 4.69) is 28.6 Å². The third-order valence-corrected chi connectivity index (χ3v) is 3.80. The van der Waals surface area contributed by atoms with Gasteiger partial charge in [-0.2, -0.15) is 0 Å². The maximum Gasteiger partial charge on any atom is 0.414 e. The smallest absolute Gasteiger partial charge is 0.414 e. The van der Waals surface area contributed by atoms with Crippen molar-refractivity contribution in [3.63, 3.8) is 0 Å². The van der Waals surface area contributed by atoms with Crippen LogP contribution in [-0.2, 0) is 14.3 Å². The van der Waals surface area contributed by atoms with Gasteiger partial charge in [0, 0.05) is 6.54 Å². The maximum absolute atomic E-state index is 11.9. The minimum Gasteiger partial charge on any atom is -0.462 e. The normalized spacial score (nSPS) is 16.6. The Kier molecular flexibility index (Phi) is 9.00. The molecule has 2 N–H and O–H groups in total. The predicted octanol–water partition coefficient (Wildman–Crippen LogP) is 2.68. The fourth-order valence-corrected chi connectivity index (χ4v) is 2.44. The van der Waals surface area contributed by atoms with Crippen LogP contribution in [0.25, 0.3) is 0 Å². The van der Waals surface area contributed by atoms with Crippen LogP contribution in [0.3, 0.4) is 0 Å². The molecule has 2 rings (SSSR count). The SMILES string of the molecule is CC(C)(C)OC=O.CCCN(C)CCC1CN(c2ccc(N)nc2)C(=O)O1. The standard InChI is InChI=1S/C14H22N4O2.C5H10O2/c1-3-7-17(2)8-6-12-10-18(14(19)20-12)11-4-5-13(15)16-9-11;1-5(2,3)7-4-6/h4-5,9,12H,3,6-8,10H2,1-2H3,(H2,15,16);4H,1-3H3. The van der Waals surface area contributed by atoms with Gasteiger partial charge in [-0.1, -0.05) is 6.92 Å². The molecule has 1 aromatic heterocycles. The number of hydrogen-bond acceptors (Lipinski definition) is 7. The molecule has 8 heteroatoms. The summed E-state index contributed by atoms with van der Waals surface area (Å²) in [5, 5.41) is 0. The molecule has 1 aliphatic rings. The van der Waals surface area contributed by atoms with E-state index < -0.39 is 0 Å². The number of carbonyl (C=O) groups excluding carboxylic acids is 2. The van der Waals surface area contributed by atoms with Gasteiger partial charge in [-0.3, -0.25) is 9.69 Å². The number of carbonyl (C=O) groups is 2. The van der Waals surface area contributed by atoms with Crippen molar-refractivity contribution < 1.29 is 19.1 Å². The highest BCUT2D eigenvalue weighted by atomic mass is 16.6. The first-order chi connectivity index (χ1) is 12.7. The van der Waals surface area contributed by atoms with Crippen LogP contribution in [-0.4, -0.2) is 60.8 Å². The van der Waals surface area contributed by atoms with Crippen LogP contribution in [0.2, 0.25) is 0 Å². The number of nitrogens with zero attached hydrogens (tertiary/aromatic N) is 3. The third-order valence-electron chi connectivity index (χ3n) is 3.80. The molecule has 1 amide bonds. The summed E-state index contributed by atoms with van der Waals surface area (Å²) in [7, 11) is 2.09. The summed E-state index contributed by atoms with van der Waals surface area (Å²) in [6.45, 7) is 10.6. The molecule has 0 spiro atoms. The monoisotopic (exact) mass is 380 g/mol. The molecule has 1 aromatic rings. The van der Waals surface area contributed by atoms with Gasteiger partial charge in [-0.15, -0.1) is 0 Å². The van der Waals surface area contributed by atoms with E-state index in [0.29, 0.717) is 18.8 Å². The molecule has 152 valence electrons. The van der Waals surface area contributed by atoms with Gasteiger partial charge in [0.1, 0.15) is 17.5 Å². The lowest BCUT2D eigenvalue weighted by Gasteiger charge is -2.17. The summed E-state index contributed by atoms with van der Waals surface area (Å²) in [5.74, 6) is 0.444. The quantitative estimate of drug-likeness (QED) is 0.726. The summed E-state index contributed by atoms with van der Waals surface area (Å²) >= 11 is 0. The molecule has 0 aromatic carbocycles. The lowest BCUT2D eigenvalue weighted by molar-refractivity contribution is -0.138. The molecular formula is C19H32N4O4. The Hall–Kier alpha value is -2.35. The van der Waals surface area contributed by atoms with E-state index in [0.717, 1.165) is 31.6 Å². The van der Waals surface area contributed by atoms with E-state index in [1.807, 2.05) is 20.8 Å². The Morgan fingerprint density at radius 3 is 2.59 bits per heavy atom. The maximum atomic E-state index is 11.9. The highest BCUT2D eigenvalue weighted by molar-refractivity contribution is 5.89. The summed E-state index contributed by atoms with van der Waals surface area (Å²) in [6.07, 6.45) is 3.21. The van der Waals surface area contributed by atoms with Gasteiger partial charge in [0.05, 0.1) is 18.4 Å². The zero-order chi connectivity index (χ0) is 20.4. The highest BCUT2D eigenvalue weighted by Crippen LogP contribution is 2.22. The first-order valence-corrected chi connectivity index (χ1v) is 9.16. The van der Waals surface area contributed by atoms with Gasteiger partial charge in [-0.05, 0) is 59.3 Å². The lowest BCUT2D eigenvalue weighted by Crippen LogP contribution is -2.27. The Morgan fingerprint density at radius 2 is 2.11 bits per heavy atom. The number of hydrogen-bond donors (Lipinski definition) is 1. The van der Waals surface area contributed by atoms with Crippen LogP contribution in [0.15, 0.2) is 18.3 Å². The average Bonchev–Trinajstić information content (AvgIpc) is 2.94. The Bertz CT molecular complexity index is 586. The second-order valence-electron chi connectivity index (χ2n) is 7.48. The van der Waals surface area contributed by atoms with E-state index in [1.165, 1.54) is 0 Å². The number of ether oxygens (including phenoxy) is 2. The fourth-order valence-electron chi connectivity index (χ4n) is 2.44. The first-order valence-electron chi connectivity index (χ1n) is 9.16. The average molecular weight is 380 g/mol. The summed E-state index contributed by atoms with van der Waals surface area (Å²) in [5.41, 5.74) is 5.96. The van der Waals surface area contributed by atoms with E-state index in [1.54, 1.807) is 23.2 Å². The number of pyridine rings is 1. The van der Waals surface area contributed by atoms with Crippen molar-refractivity contribution in [1.82, 2.24) is 9.88 Å². The summed E-state index contributed by atoms with van der Waals surface area (Å²) in [6, 6.07) is 3.47. The van der Waals surface area contributed by atoms with Crippen molar-refractivity contribution in [2.24, 2.45) is 0 Å². The fraction of sp³-hybridized carbons (Fsp3) is 0.632. The predicted molar refractivity (Wildman–Crippen MR) is 106 cm³/mol. The molecular weight excluding hydrogens is 348 g/mol. The van der Waals surface area contributed by atoms with Crippen molar-refractivity contribution in [1.29, 1.82) is 0 Å².